The van der Waals surface area contributed by atoms with Gasteiger partial charge >= 0.3 is 0 Å². The third-order valence-corrected chi connectivity index (χ3v) is 4.95. The molecule has 1 heterocycles. The van der Waals surface area contributed by atoms with Crippen molar-refractivity contribution in [2.45, 2.75) is 12.3 Å². The zero-order valence-electron chi connectivity index (χ0n) is 15.0. The molecule has 1 saturated heterocycles. The van der Waals surface area contributed by atoms with Gasteiger partial charge in [0.05, 0.1) is 7.11 Å². The van der Waals surface area contributed by atoms with Crippen LogP contribution in [0.1, 0.15) is 23.5 Å². The molecule has 0 saturated carbocycles. The number of methoxy groups -OCH3 is 1. The molecule has 0 spiro atoms. The first kappa shape index (κ1) is 17.5. The van der Waals surface area contributed by atoms with Crippen molar-refractivity contribution in [2.24, 2.45) is 0 Å². The van der Waals surface area contributed by atoms with Gasteiger partial charge in [0.2, 0.25) is 5.91 Å². The van der Waals surface area contributed by atoms with E-state index in [0.29, 0.717) is 6.42 Å². The minimum atomic E-state index is 0.0688. The highest BCUT2D eigenvalue weighted by Gasteiger charge is 2.24. The molecule has 1 aliphatic rings. The van der Waals surface area contributed by atoms with Crippen molar-refractivity contribution in [2.75, 3.05) is 40.3 Å². The highest BCUT2D eigenvalue weighted by atomic mass is 16.5. The summed E-state index contributed by atoms with van der Waals surface area (Å²) in [5.41, 5.74) is 2.32. The maximum absolute atomic E-state index is 12.9. The van der Waals surface area contributed by atoms with E-state index in [1.54, 1.807) is 7.11 Å². The normalized spacial score (nSPS) is 16.5. The zero-order chi connectivity index (χ0) is 17.6. The molecule has 1 atom stereocenters. The first-order valence-electron chi connectivity index (χ1n) is 8.82. The number of rotatable bonds is 5. The predicted molar refractivity (Wildman–Crippen MR) is 100.0 cm³/mol. The summed E-state index contributed by atoms with van der Waals surface area (Å²) in [6.07, 6.45) is 0.500. The topological polar surface area (TPSA) is 32.8 Å². The number of amides is 1. The lowest BCUT2D eigenvalue weighted by Gasteiger charge is -2.33. The monoisotopic (exact) mass is 338 g/mol. The summed E-state index contributed by atoms with van der Waals surface area (Å²) in [4.78, 5) is 17.1. The Morgan fingerprint density at radius 1 is 0.960 bits per heavy atom. The van der Waals surface area contributed by atoms with Gasteiger partial charge in [-0.2, -0.15) is 0 Å². The first-order chi connectivity index (χ1) is 12.2. The predicted octanol–water partition coefficient (Wildman–Crippen LogP) is 2.99. The van der Waals surface area contributed by atoms with Gasteiger partial charge in [-0.3, -0.25) is 4.79 Å². The zero-order valence-corrected chi connectivity index (χ0v) is 15.0. The Morgan fingerprint density at radius 2 is 1.56 bits per heavy atom. The van der Waals surface area contributed by atoms with Gasteiger partial charge < -0.3 is 14.5 Å². The van der Waals surface area contributed by atoms with Gasteiger partial charge in [0, 0.05) is 38.5 Å². The van der Waals surface area contributed by atoms with Crippen LogP contribution in [-0.4, -0.2) is 56.0 Å². The SMILES string of the molecule is COc1ccc([C@H](CC(=O)N2CCN(C)CC2)c2ccccc2)cc1. The van der Waals surface area contributed by atoms with Crippen molar-refractivity contribution in [3.63, 3.8) is 0 Å². The van der Waals surface area contributed by atoms with Crippen molar-refractivity contribution in [3.8, 4) is 5.75 Å². The fourth-order valence-electron chi connectivity index (χ4n) is 3.31. The lowest BCUT2D eigenvalue weighted by atomic mass is 9.88. The van der Waals surface area contributed by atoms with Gasteiger partial charge in [-0.05, 0) is 30.3 Å². The summed E-state index contributed by atoms with van der Waals surface area (Å²) in [5, 5.41) is 0. The molecule has 0 unspecified atom stereocenters. The van der Waals surface area contributed by atoms with Crippen molar-refractivity contribution in [1.82, 2.24) is 9.80 Å². The molecule has 3 rings (SSSR count). The molecule has 4 heteroatoms. The molecule has 2 aromatic rings. The van der Waals surface area contributed by atoms with E-state index in [-0.39, 0.29) is 11.8 Å². The van der Waals surface area contributed by atoms with Gasteiger partial charge in [0.1, 0.15) is 5.75 Å². The fraction of sp³-hybridized carbons (Fsp3) is 0.381. The summed E-state index contributed by atoms with van der Waals surface area (Å²) in [6, 6.07) is 18.3. The molecule has 0 aliphatic carbocycles. The van der Waals surface area contributed by atoms with E-state index in [2.05, 4.69) is 36.2 Å². The molecule has 0 aromatic heterocycles. The van der Waals surface area contributed by atoms with E-state index < -0.39 is 0 Å². The standard InChI is InChI=1S/C21H26N2O2/c1-22-12-14-23(15-13-22)21(24)16-20(17-6-4-3-5-7-17)18-8-10-19(25-2)11-9-18/h3-11,20H,12-16H2,1-2H3/t20-/m1/s1. The number of carbonyl (C=O) groups is 1. The van der Waals surface area contributed by atoms with Crippen LogP contribution in [0.15, 0.2) is 54.6 Å². The average molecular weight is 338 g/mol. The molecule has 2 aromatic carbocycles. The summed E-state index contributed by atoms with van der Waals surface area (Å²) < 4.78 is 5.26. The molecule has 1 fully saturated rings. The Balaban J connectivity index is 1.80. The number of hydrogen-bond acceptors (Lipinski definition) is 3. The average Bonchev–Trinajstić information content (AvgIpc) is 2.67. The molecule has 4 nitrogen and oxygen atoms in total. The van der Waals surface area contributed by atoms with Crippen molar-refractivity contribution < 1.29 is 9.53 Å². The van der Waals surface area contributed by atoms with Gasteiger partial charge in [0.25, 0.3) is 0 Å². The number of hydrogen-bond donors (Lipinski definition) is 0. The molecule has 132 valence electrons. The van der Waals surface area contributed by atoms with E-state index >= 15 is 0 Å². The molecule has 25 heavy (non-hydrogen) atoms. The van der Waals surface area contributed by atoms with E-state index in [1.807, 2.05) is 35.2 Å². The van der Waals surface area contributed by atoms with Crippen LogP contribution in [0.3, 0.4) is 0 Å². The number of benzene rings is 2. The Hall–Kier alpha value is -2.33. The maximum Gasteiger partial charge on any atom is 0.223 e. The van der Waals surface area contributed by atoms with Gasteiger partial charge in [0.15, 0.2) is 0 Å². The van der Waals surface area contributed by atoms with E-state index in [0.717, 1.165) is 37.5 Å². The summed E-state index contributed by atoms with van der Waals surface area (Å²) >= 11 is 0. The number of carbonyl (C=O) groups excluding carboxylic acids is 1. The summed E-state index contributed by atoms with van der Waals surface area (Å²) in [7, 11) is 3.77. The van der Waals surface area contributed by atoms with Gasteiger partial charge in [-0.1, -0.05) is 42.5 Å². The highest BCUT2D eigenvalue weighted by molar-refractivity contribution is 5.78. The number of likely N-dealkylation sites (N-methyl/N-ethyl adjacent to an activating group) is 1. The number of nitrogens with zero attached hydrogens (tertiary/aromatic N) is 2. The highest BCUT2D eigenvalue weighted by Crippen LogP contribution is 2.30. The maximum atomic E-state index is 12.9. The van der Waals surface area contributed by atoms with Crippen LogP contribution in [0.2, 0.25) is 0 Å². The third kappa shape index (κ3) is 4.40. The smallest absolute Gasteiger partial charge is 0.223 e. The van der Waals surface area contributed by atoms with Gasteiger partial charge in [-0.15, -0.1) is 0 Å². The third-order valence-electron chi connectivity index (χ3n) is 4.95. The van der Waals surface area contributed by atoms with Crippen LogP contribution in [0.25, 0.3) is 0 Å². The van der Waals surface area contributed by atoms with E-state index in [1.165, 1.54) is 5.56 Å². The van der Waals surface area contributed by atoms with E-state index in [4.69, 9.17) is 4.74 Å². The Bertz CT molecular complexity index is 677. The van der Waals surface area contributed by atoms with Crippen LogP contribution < -0.4 is 4.74 Å². The molecule has 1 aliphatic heterocycles. The lowest BCUT2D eigenvalue weighted by Crippen LogP contribution is -2.47. The molecule has 1 amide bonds. The second kappa shape index (κ2) is 8.17. The van der Waals surface area contributed by atoms with Crippen LogP contribution in [0.4, 0.5) is 0 Å². The second-order valence-electron chi connectivity index (χ2n) is 6.62. The Labute approximate surface area is 150 Å². The van der Waals surface area contributed by atoms with Crippen LogP contribution in [0.5, 0.6) is 5.75 Å². The molecular formula is C21H26N2O2. The Kier molecular flexibility index (Phi) is 5.71. The number of piperazine rings is 1. The largest absolute Gasteiger partial charge is 0.497 e. The second-order valence-corrected chi connectivity index (χ2v) is 6.62. The van der Waals surface area contributed by atoms with Crippen LogP contribution in [-0.2, 0) is 4.79 Å². The quantitative estimate of drug-likeness (QED) is 0.840. The van der Waals surface area contributed by atoms with Crippen molar-refractivity contribution >= 4 is 5.91 Å². The minimum absolute atomic E-state index is 0.0688. The summed E-state index contributed by atoms with van der Waals surface area (Å²) in [5.74, 6) is 1.14. The molecular weight excluding hydrogens is 312 g/mol. The molecule has 0 radical (unpaired) electrons. The van der Waals surface area contributed by atoms with Crippen LogP contribution in [0, 0.1) is 0 Å². The first-order valence-corrected chi connectivity index (χ1v) is 8.82. The van der Waals surface area contributed by atoms with Crippen molar-refractivity contribution in [1.29, 1.82) is 0 Å². The lowest BCUT2D eigenvalue weighted by molar-refractivity contribution is -0.133. The Morgan fingerprint density at radius 3 is 2.16 bits per heavy atom. The van der Waals surface area contributed by atoms with Crippen LogP contribution >= 0.6 is 0 Å². The van der Waals surface area contributed by atoms with Gasteiger partial charge in [-0.25, -0.2) is 0 Å². The number of ether oxygens (including phenoxy) is 1. The minimum Gasteiger partial charge on any atom is -0.497 e. The fourth-order valence-corrected chi connectivity index (χ4v) is 3.31. The van der Waals surface area contributed by atoms with E-state index in [9.17, 15) is 4.79 Å². The van der Waals surface area contributed by atoms with Crippen molar-refractivity contribution in [3.05, 3.63) is 65.7 Å². The molecule has 0 N–H and O–H groups in total. The molecule has 0 bridgehead atoms. The summed E-state index contributed by atoms with van der Waals surface area (Å²) in [6.45, 7) is 3.54.